The van der Waals surface area contributed by atoms with Gasteiger partial charge in [-0.15, -0.1) is 0 Å². The van der Waals surface area contributed by atoms with E-state index in [-0.39, 0.29) is 43.4 Å². The number of amides is 1. The van der Waals surface area contributed by atoms with Gasteiger partial charge in [0.1, 0.15) is 24.0 Å². The highest BCUT2D eigenvalue weighted by molar-refractivity contribution is 6.39. The van der Waals surface area contributed by atoms with E-state index < -0.39 is 89.5 Å². The number of ketones is 2. The molecule has 3 fully saturated rings. The van der Waals surface area contributed by atoms with Crippen molar-refractivity contribution >= 4 is 29.5 Å². The van der Waals surface area contributed by atoms with E-state index in [1.807, 2.05) is 87.6 Å². The topological polar surface area (TPSA) is 178 Å². The minimum absolute atomic E-state index is 0.0220. The fourth-order valence-corrected chi connectivity index (χ4v) is 10.8. The molecule has 3 heterocycles. The number of allylic oxidation sites excluding steroid dienone is 5. The van der Waals surface area contributed by atoms with E-state index >= 15 is 0 Å². The number of benzene rings is 1. The Hall–Kier alpha value is -3.82. The van der Waals surface area contributed by atoms with Crippen molar-refractivity contribution in [1.29, 1.82) is 0 Å². The van der Waals surface area contributed by atoms with Crippen LogP contribution in [0.5, 0.6) is 0 Å². The van der Waals surface area contributed by atoms with Crippen molar-refractivity contribution in [2.24, 2.45) is 29.6 Å². The standard InChI is InChI=1S/C54H79NO12/c1-10-41-28-34(2)27-35(3)29-45(63-7)49-46(64-8)31-37(5)54(62,67-49)50(58)51(59)55-26-18-16-22-42(55)52(60)66-48(38(6)43(56)33-44(41)57)36(4)30-40-23-25-53(61,47(32-40)65-9)24-17-12-15-21-39-19-13-11-14-20-39/h11-15,17,19-21,28,30,35,37-38,40-43,45-49,56,61-62H,10,16,18,22-27,29,31-33H2,1-9H3. The third kappa shape index (κ3) is 13.5. The first-order valence-electron chi connectivity index (χ1n) is 24.6. The van der Waals surface area contributed by atoms with E-state index in [2.05, 4.69) is 6.92 Å². The Morgan fingerprint density at radius 3 is 2.28 bits per heavy atom. The van der Waals surface area contributed by atoms with Gasteiger partial charge in [0.2, 0.25) is 5.79 Å². The summed E-state index contributed by atoms with van der Waals surface area (Å²) >= 11 is 0. The van der Waals surface area contributed by atoms with E-state index in [4.69, 9.17) is 23.7 Å². The fraction of sp³-hybridized carbons (Fsp3) is 0.667. The molecule has 4 aliphatic rings. The normalized spacial score (nSPS) is 37.2. The zero-order chi connectivity index (χ0) is 49.1. The zero-order valence-electron chi connectivity index (χ0n) is 41.4. The molecule has 13 heteroatoms. The monoisotopic (exact) mass is 934 g/mol. The van der Waals surface area contributed by atoms with Gasteiger partial charge < -0.3 is 43.9 Å². The summed E-state index contributed by atoms with van der Waals surface area (Å²) in [6.07, 6.45) is 12.0. The van der Waals surface area contributed by atoms with Gasteiger partial charge in [-0.25, -0.2) is 4.79 Å². The second kappa shape index (κ2) is 24.6. The zero-order valence-corrected chi connectivity index (χ0v) is 41.4. The van der Waals surface area contributed by atoms with E-state index in [1.54, 1.807) is 21.0 Å². The SMILES string of the molecule is CCC1C=C(C)CC(C)CC(OC)C2OC(O)(C(=O)C(=O)N3CCCCC3C(=O)OC(C(C)=CC3CCC(O)(CC=CC=Cc4ccccc4)C(OC)C3)C(C)C(O)CC1=O)C(C)CC2OC. The highest BCUT2D eigenvalue weighted by Crippen LogP contribution is 2.41. The molecule has 1 aromatic carbocycles. The molecule has 2 saturated heterocycles. The van der Waals surface area contributed by atoms with Gasteiger partial charge in [-0.1, -0.05) is 100 Å². The first-order chi connectivity index (χ1) is 31.9. The van der Waals surface area contributed by atoms with Crippen LogP contribution in [0.15, 0.2) is 71.9 Å². The lowest BCUT2D eigenvalue weighted by Gasteiger charge is -2.47. The molecular weight excluding hydrogens is 855 g/mol. The molecule has 67 heavy (non-hydrogen) atoms. The predicted molar refractivity (Wildman–Crippen MR) is 256 cm³/mol. The van der Waals surface area contributed by atoms with Crippen molar-refractivity contribution in [2.45, 2.75) is 173 Å². The van der Waals surface area contributed by atoms with Crippen LogP contribution in [-0.2, 0) is 42.9 Å². The summed E-state index contributed by atoms with van der Waals surface area (Å²) in [5, 5.41) is 35.8. The number of rotatable bonds is 10. The van der Waals surface area contributed by atoms with E-state index in [0.717, 1.165) is 11.1 Å². The molecule has 0 spiro atoms. The number of aliphatic hydroxyl groups is 3. The summed E-state index contributed by atoms with van der Waals surface area (Å²) in [5.74, 6) is -7.72. The summed E-state index contributed by atoms with van der Waals surface area (Å²) in [5.41, 5.74) is 1.61. The van der Waals surface area contributed by atoms with Gasteiger partial charge in [-0.3, -0.25) is 14.4 Å². The van der Waals surface area contributed by atoms with Crippen molar-refractivity contribution in [3.8, 4) is 0 Å². The molecule has 1 aliphatic carbocycles. The highest BCUT2D eigenvalue weighted by atomic mass is 16.7. The fourth-order valence-electron chi connectivity index (χ4n) is 10.8. The van der Waals surface area contributed by atoms with E-state index in [1.165, 1.54) is 19.1 Å². The number of Topliss-reactive ketones (excluding diaryl/α,β-unsaturated/α-hetero) is 2. The lowest BCUT2D eigenvalue weighted by molar-refractivity contribution is -0.302. The van der Waals surface area contributed by atoms with Crippen LogP contribution in [-0.4, -0.2) is 126 Å². The molecule has 13 nitrogen and oxygen atoms in total. The molecule has 372 valence electrons. The van der Waals surface area contributed by atoms with Crippen molar-refractivity contribution < 1.29 is 58.2 Å². The minimum Gasteiger partial charge on any atom is -0.456 e. The molecule has 3 N–H and O–H groups in total. The van der Waals surface area contributed by atoms with Gasteiger partial charge in [0, 0.05) is 52.0 Å². The lowest BCUT2D eigenvalue weighted by Crippen LogP contribution is -2.64. The number of piperidine rings is 1. The molecular formula is C54H79NO12. The number of esters is 1. The number of cyclic esters (lactones) is 1. The van der Waals surface area contributed by atoms with E-state index in [0.29, 0.717) is 63.4 Å². The molecule has 1 saturated carbocycles. The molecule has 5 rings (SSSR count). The Morgan fingerprint density at radius 1 is 0.910 bits per heavy atom. The molecule has 1 aromatic rings. The molecule has 2 bridgehead atoms. The van der Waals surface area contributed by atoms with Crippen LogP contribution in [0.25, 0.3) is 6.08 Å². The number of hydrogen-bond donors (Lipinski definition) is 3. The number of carbonyl (C=O) groups is 4. The van der Waals surface area contributed by atoms with Crippen molar-refractivity contribution in [1.82, 2.24) is 4.90 Å². The first kappa shape index (κ1) is 54.1. The molecule has 14 atom stereocenters. The van der Waals surface area contributed by atoms with Gasteiger partial charge in [-0.2, -0.15) is 0 Å². The Labute approximate surface area is 399 Å². The predicted octanol–water partition coefficient (Wildman–Crippen LogP) is 7.50. The summed E-state index contributed by atoms with van der Waals surface area (Å²) in [6.45, 7) is 11.3. The number of nitrogens with zero attached hydrogens (tertiary/aromatic N) is 1. The van der Waals surface area contributed by atoms with Gasteiger partial charge >= 0.3 is 5.97 Å². The molecule has 0 radical (unpaired) electrons. The van der Waals surface area contributed by atoms with E-state index in [9.17, 15) is 34.5 Å². The first-order valence-corrected chi connectivity index (χ1v) is 24.6. The third-order valence-electron chi connectivity index (χ3n) is 14.9. The van der Waals surface area contributed by atoms with Crippen LogP contribution < -0.4 is 0 Å². The summed E-state index contributed by atoms with van der Waals surface area (Å²) in [4.78, 5) is 58.4. The van der Waals surface area contributed by atoms with Gasteiger partial charge in [0.15, 0.2) is 0 Å². The maximum Gasteiger partial charge on any atom is 0.329 e. The molecule has 0 aromatic heterocycles. The number of aliphatic hydroxyl groups excluding tert-OH is 1. The molecule has 1 amide bonds. The van der Waals surface area contributed by atoms with Gasteiger partial charge in [0.25, 0.3) is 11.7 Å². The second-order valence-electron chi connectivity index (χ2n) is 20.0. The largest absolute Gasteiger partial charge is 0.456 e. The average molecular weight is 934 g/mol. The van der Waals surface area contributed by atoms with Crippen LogP contribution in [0.3, 0.4) is 0 Å². The van der Waals surface area contributed by atoms with Crippen molar-refractivity contribution in [2.75, 3.05) is 27.9 Å². The smallest absolute Gasteiger partial charge is 0.329 e. The van der Waals surface area contributed by atoms with Crippen LogP contribution in [0.2, 0.25) is 0 Å². The van der Waals surface area contributed by atoms with Gasteiger partial charge in [0.05, 0.1) is 30.0 Å². The summed E-state index contributed by atoms with van der Waals surface area (Å²) < 4.78 is 30.3. The van der Waals surface area contributed by atoms with Crippen LogP contribution >= 0.6 is 0 Å². The highest BCUT2D eigenvalue weighted by Gasteiger charge is 2.56. The number of hydrogen-bond acceptors (Lipinski definition) is 12. The number of methoxy groups -OCH3 is 3. The maximum atomic E-state index is 14.5. The number of carbonyl (C=O) groups excluding carboxylic acids is 4. The number of fused-ring (bicyclic) bond motifs is 3. The van der Waals surface area contributed by atoms with Crippen molar-refractivity contribution in [3.63, 3.8) is 0 Å². The minimum atomic E-state index is -2.52. The van der Waals surface area contributed by atoms with Crippen LogP contribution in [0.1, 0.15) is 124 Å². The Kier molecular flexibility index (Phi) is 19.9. The summed E-state index contributed by atoms with van der Waals surface area (Å²) in [6, 6.07) is 8.80. The quantitative estimate of drug-likeness (QED) is 0.0913. The molecule has 14 unspecified atom stereocenters. The Balaban J connectivity index is 1.45. The average Bonchev–Trinajstić information content (AvgIpc) is 3.32. The van der Waals surface area contributed by atoms with Gasteiger partial charge in [-0.05, 0) is 107 Å². The van der Waals surface area contributed by atoms with Crippen molar-refractivity contribution in [3.05, 3.63) is 77.4 Å². The third-order valence-corrected chi connectivity index (χ3v) is 14.9. The molecule has 3 aliphatic heterocycles. The van der Waals surface area contributed by atoms with Crippen LogP contribution in [0, 0.1) is 29.6 Å². The number of ether oxygens (including phenoxy) is 5. The lowest BCUT2D eigenvalue weighted by atomic mass is 9.74. The Morgan fingerprint density at radius 2 is 1.61 bits per heavy atom. The van der Waals surface area contributed by atoms with Crippen LogP contribution in [0.4, 0.5) is 0 Å². The second-order valence-corrected chi connectivity index (χ2v) is 20.0. The summed E-state index contributed by atoms with van der Waals surface area (Å²) in [7, 11) is 4.66. The Bertz CT molecular complexity index is 1950. The maximum absolute atomic E-state index is 14.5.